The molecule has 2 aromatic rings. The van der Waals surface area contributed by atoms with Crippen molar-refractivity contribution in [2.75, 3.05) is 33.3 Å². The van der Waals surface area contributed by atoms with E-state index in [0.29, 0.717) is 0 Å². The van der Waals surface area contributed by atoms with Crippen molar-refractivity contribution in [2.24, 2.45) is 5.10 Å². The fourth-order valence-electron chi connectivity index (χ4n) is 2.94. The van der Waals surface area contributed by atoms with Crippen LogP contribution in [0.2, 0.25) is 0 Å². The molecule has 4 nitrogen and oxygen atoms in total. The molecule has 0 aromatic heterocycles. The highest BCUT2D eigenvalue weighted by molar-refractivity contribution is 9.10. The Kier molecular flexibility index (Phi) is 5.88. The van der Waals surface area contributed by atoms with Gasteiger partial charge in [-0.05, 0) is 18.2 Å². The third-order valence-electron chi connectivity index (χ3n) is 4.30. The number of hydrazone groups is 1. The molecule has 1 heterocycles. The molecule has 0 bridgehead atoms. The lowest BCUT2D eigenvalue weighted by molar-refractivity contribution is -0.918. The van der Waals surface area contributed by atoms with Gasteiger partial charge in [-0.2, -0.15) is 5.10 Å². The van der Waals surface area contributed by atoms with Crippen molar-refractivity contribution in [1.82, 2.24) is 5.01 Å². The molecule has 0 atom stereocenters. The first-order chi connectivity index (χ1) is 11.7. The van der Waals surface area contributed by atoms with Crippen LogP contribution in [0.1, 0.15) is 11.1 Å². The van der Waals surface area contributed by atoms with Crippen LogP contribution in [0.25, 0.3) is 0 Å². The van der Waals surface area contributed by atoms with Crippen LogP contribution < -0.4 is 9.64 Å². The van der Waals surface area contributed by atoms with Crippen molar-refractivity contribution >= 4 is 22.1 Å². The quantitative estimate of drug-likeness (QED) is 0.795. The molecule has 0 saturated carbocycles. The Hall–Kier alpha value is -1.85. The van der Waals surface area contributed by atoms with E-state index in [4.69, 9.17) is 4.74 Å². The minimum absolute atomic E-state index is 0.843. The van der Waals surface area contributed by atoms with Gasteiger partial charge in [0.2, 0.25) is 0 Å². The van der Waals surface area contributed by atoms with Crippen LogP contribution in [0.15, 0.2) is 58.1 Å². The molecule has 0 spiro atoms. The Labute approximate surface area is 151 Å². The summed E-state index contributed by atoms with van der Waals surface area (Å²) in [6.07, 6.45) is 1.89. The zero-order chi connectivity index (χ0) is 16.8. The average Bonchev–Trinajstić information content (AvgIpc) is 2.62. The van der Waals surface area contributed by atoms with E-state index in [2.05, 4.69) is 56.4 Å². The number of halogens is 1. The third-order valence-corrected chi connectivity index (χ3v) is 4.79. The van der Waals surface area contributed by atoms with Gasteiger partial charge in [0.25, 0.3) is 0 Å². The topological polar surface area (TPSA) is 29.3 Å². The largest absolute Gasteiger partial charge is 0.496 e. The van der Waals surface area contributed by atoms with Crippen LogP contribution >= 0.6 is 15.9 Å². The summed E-state index contributed by atoms with van der Waals surface area (Å²) >= 11 is 3.50. The molecule has 1 aliphatic rings. The number of hydrogen-bond donors (Lipinski definition) is 1. The average molecular weight is 389 g/mol. The highest BCUT2D eigenvalue weighted by Crippen LogP contribution is 2.21. The second kappa shape index (κ2) is 8.31. The number of benzene rings is 2. The van der Waals surface area contributed by atoms with E-state index in [0.717, 1.165) is 48.5 Å². The van der Waals surface area contributed by atoms with Gasteiger partial charge in [-0.25, -0.2) is 0 Å². The molecule has 0 aliphatic carbocycles. The summed E-state index contributed by atoms with van der Waals surface area (Å²) in [5.74, 6) is 0.843. The number of piperazine rings is 1. The Balaban J connectivity index is 1.55. The molecule has 24 heavy (non-hydrogen) atoms. The summed E-state index contributed by atoms with van der Waals surface area (Å²) in [5, 5.41) is 6.79. The molecule has 1 N–H and O–H groups in total. The Morgan fingerprint density at radius 1 is 1.17 bits per heavy atom. The van der Waals surface area contributed by atoms with Crippen molar-refractivity contribution in [1.29, 1.82) is 0 Å². The minimum atomic E-state index is 0.843. The summed E-state index contributed by atoms with van der Waals surface area (Å²) in [7, 11) is 1.69. The number of rotatable bonds is 5. The predicted octanol–water partition coefficient (Wildman–Crippen LogP) is 2.19. The Morgan fingerprint density at radius 2 is 1.92 bits per heavy atom. The molecule has 1 saturated heterocycles. The molecular weight excluding hydrogens is 366 g/mol. The first-order valence-electron chi connectivity index (χ1n) is 8.24. The number of hydrogen-bond acceptors (Lipinski definition) is 3. The number of ether oxygens (including phenoxy) is 1. The van der Waals surface area contributed by atoms with Crippen LogP contribution in [0.4, 0.5) is 0 Å². The first-order valence-corrected chi connectivity index (χ1v) is 9.04. The van der Waals surface area contributed by atoms with Crippen LogP contribution in [0.3, 0.4) is 0 Å². The maximum Gasteiger partial charge on any atom is 0.127 e. The normalized spacial score (nSPS) is 15.8. The monoisotopic (exact) mass is 388 g/mol. The summed E-state index contributed by atoms with van der Waals surface area (Å²) < 4.78 is 6.42. The molecule has 0 radical (unpaired) electrons. The summed E-state index contributed by atoms with van der Waals surface area (Å²) in [4.78, 5) is 1.62. The zero-order valence-corrected chi connectivity index (χ0v) is 15.5. The molecule has 2 aromatic carbocycles. The van der Waals surface area contributed by atoms with E-state index in [1.807, 2.05) is 24.4 Å². The maximum absolute atomic E-state index is 5.39. The van der Waals surface area contributed by atoms with Gasteiger partial charge in [-0.1, -0.05) is 46.3 Å². The van der Waals surface area contributed by atoms with Gasteiger partial charge in [0.05, 0.1) is 39.5 Å². The lowest BCUT2D eigenvalue weighted by atomic mass is 10.2. The molecule has 1 aliphatic heterocycles. The van der Waals surface area contributed by atoms with Crippen LogP contribution in [-0.4, -0.2) is 44.5 Å². The second-order valence-corrected chi connectivity index (χ2v) is 6.91. The molecule has 126 valence electrons. The SMILES string of the molecule is COc1ccc(Br)cc1C=NN1CC[NH+](Cc2ccccc2)CC1. The fourth-order valence-corrected chi connectivity index (χ4v) is 3.32. The Bertz CT molecular complexity index is 682. The third kappa shape index (κ3) is 4.58. The van der Waals surface area contributed by atoms with Gasteiger partial charge < -0.3 is 9.64 Å². The lowest BCUT2D eigenvalue weighted by Gasteiger charge is -2.30. The summed E-state index contributed by atoms with van der Waals surface area (Å²) in [6.45, 7) is 5.28. The zero-order valence-electron chi connectivity index (χ0n) is 13.9. The van der Waals surface area contributed by atoms with E-state index in [1.54, 1.807) is 12.0 Å². The van der Waals surface area contributed by atoms with Crippen molar-refractivity contribution in [3.05, 3.63) is 64.1 Å². The Morgan fingerprint density at radius 3 is 2.62 bits per heavy atom. The maximum atomic E-state index is 5.39. The van der Waals surface area contributed by atoms with Crippen LogP contribution in [0, 0.1) is 0 Å². The van der Waals surface area contributed by atoms with Crippen molar-refractivity contribution < 1.29 is 9.64 Å². The van der Waals surface area contributed by atoms with E-state index < -0.39 is 0 Å². The first kappa shape index (κ1) is 17.0. The fraction of sp³-hybridized carbons (Fsp3) is 0.316. The predicted molar refractivity (Wildman–Crippen MR) is 101 cm³/mol. The molecule has 1 fully saturated rings. The minimum Gasteiger partial charge on any atom is -0.496 e. The molecule has 3 rings (SSSR count). The number of quaternary nitrogens is 1. The number of nitrogens with zero attached hydrogens (tertiary/aromatic N) is 2. The van der Waals surface area contributed by atoms with Crippen molar-refractivity contribution in [2.45, 2.75) is 6.54 Å². The summed E-state index contributed by atoms with van der Waals surface area (Å²) in [6, 6.07) is 16.7. The molecular formula is C19H23BrN3O+. The number of methoxy groups -OCH3 is 1. The van der Waals surface area contributed by atoms with Gasteiger partial charge in [0.1, 0.15) is 12.3 Å². The standard InChI is InChI=1S/C19H22BrN3O/c1-24-19-8-7-18(20)13-17(19)14-21-23-11-9-22(10-12-23)15-16-5-3-2-4-6-16/h2-8,13-14H,9-12,15H2,1H3/p+1. The van der Waals surface area contributed by atoms with Gasteiger partial charge in [0, 0.05) is 15.6 Å². The second-order valence-electron chi connectivity index (χ2n) is 6.00. The highest BCUT2D eigenvalue weighted by Gasteiger charge is 2.18. The van der Waals surface area contributed by atoms with Crippen molar-refractivity contribution in [3.63, 3.8) is 0 Å². The van der Waals surface area contributed by atoms with Gasteiger partial charge in [-0.15, -0.1) is 0 Å². The van der Waals surface area contributed by atoms with Gasteiger partial charge in [0.15, 0.2) is 0 Å². The van der Waals surface area contributed by atoms with Crippen LogP contribution in [-0.2, 0) is 6.54 Å². The molecule has 0 unspecified atom stereocenters. The van der Waals surface area contributed by atoms with Gasteiger partial charge >= 0.3 is 0 Å². The van der Waals surface area contributed by atoms with E-state index in [-0.39, 0.29) is 0 Å². The molecule has 5 heteroatoms. The summed E-state index contributed by atoms with van der Waals surface area (Å²) in [5.41, 5.74) is 2.40. The van der Waals surface area contributed by atoms with E-state index in [9.17, 15) is 0 Å². The van der Waals surface area contributed by atoms with Crippen LogP contribution in [0.5, 0.6) is 5.75 Å². The van der Waals surface area contributed by atoms with E-state index in [1.165, 1.54) is 5.56 Å². The van der Waals surface area contributed by atoms with E-state index >= 15 is 0 Å². The van der Waals surface area contributed by atoms with Gasteiger partial charge in [-0.3, -0.25) is 5.01 Å². The smallest absolute Gasteiger partial charge is 0.127 e. The highest BCUT2D eigenvalue weighted by atomic mass is 79.9. The number of nitrogens with one attached hydrogen (secondary N) is 1. The molecule has 0 amide bonds. The van der Waals surface area contributed by atoms with Crippen molar-refractivity contribution in [3.8, 4) is 5.75 Å². The lowest BCUT2D eigenvalue weighted by Crippen LogP contribution is -3.13.